The van der Waals surface area contributed by atoms with E-state index in [2.05, 4.69) is 15.3 Å². The van der Waals surface area contributed by atoms with Crippen LogP contribution in [0.25, 0.3) is 10.9 Å². The molecular formula is C23H24N4O4. The highest BCUT2D eigenvalue weighted by molar-refractivity contribution is 6.00. The molecule has 31 heavy (non-hydrogen) atoms. The number of amides is 2. The Kier molecular flexibility index (Phi) is 4.97. The van der Waals surface area contributed by atoms with Crippen LogP contribution in [-0.4, -0.2) is 58.5 Å². The largest absolute Gasteiger partial charge is 0.497 e. The van der Waals surface area contributed by atoms with Crippen molar-refractivity contribution in [3.63, 3.8) is 0 Å². The maximum Gasteiger partial charge on any atom is 0.271 e. The molecule has 0 spiro atoms. The Labute approximate surface area is 179 Å². The summed E-state index contributed by atoms with van der Waals surface area (Å²) in [5.74, 6) is 1.01. The van der Waals surface area contributed by atoms with Crippen LogP contribution >= 0.6 is 0 Å². The smallest absolute Gasteiger partial charge is 0.271 e. The Morgan fingerprint density at radius 3 is 2.81 bits per heavy atom. The molecule has 5 rings (SSSR count). The third-order valence-corrected chi connectivity index (χ3v) is 5.75. The normalized spacial score (nSPS) is 20.6. The lowest BCUT2D eigenvalue weighted by atomic mass is 10.1. The van der Waals surface area contributed by atoms with Gasteiger partial charge in [0.05, 0.1) is 19.9 Å². The standard InChI is InChI=1S/C23H24N4O4/c1-30-16-6-7-19-14(9-16)10-20(26-19)23(29)27-13-18(31-17-3-2-8-24-12-17)11-21(27)22(28)25-15-4-5-15/h2-3,6-10,12,15,18,21,26H,4-5,11,13H2,1H3,(H,25,28)/t18-,21-/m0/s1. The first-order valence-electron chi connectivity index (χ1n) is 10.5. The summed E-state index contributed by atoms with van der Waals surface area (Å²) < 4.78 is 11.3. The average molecular weight is 420 g/mol. The van der Waals surface area contributed by atoms with E-state index >= 15 is 0 Å². The predicted molar refractivity (Wildman–Crippen MR) is 114 cm³/mol. The van der Waals surface area contributed by atoms with E-state index < -0.39 is 6.04 Å². The van der Waals surface area contributed by atoms with E-state index in [1.165, 1.54) is 0 Å². The molecule has 8 heteroatoms. The lowest BCUT2D eigenvalue weighted by molar-refractivity contribution is -0.125. The molecule has 1 saturated carbocycles. The van der Waals surface area contributed by atoms with Crippen LogP contribution in [0.2, 0.25) is 0 Å². The molecule has 2 fully saturated rings. The number of rotatable bonds is 6. The van der Waals surface area contributed by atoms with E-state index in [9.17, 15) is 9.59 Å². The fourth-order valence-corrected chi connectivity index (χ4v) is 4.00. The monoisotopic (exact) mass is 420 g/mol. The summed E-state index contributed by atoms with van der Waals surface area (Å²) in [5.41, 5.74) is 1.28. The Hall–Kier alpha value is -3.55. The highest BCUT2D eigenvalue weighted by Crippen LogP contribution is 2.28. The van der Waals surface area contributed by atoms with Crippen LogP contribution in [0.3, 0.4) is 0 Å². The summed E-state index contributed by atoms with van der Waals surface area (Å²) in [6.45, 7) is 0.329. The second kappa shape index (κ2) is 7.94. The van der Waals surface area contributed by atoms with Gasteiger partial charge in [-0.1, -0.05) is 0 Å². The van der Waals surface area contributed by atoms with Gasteiger partial charge < -0.3 is 24.7 Å². The molecule has 8 nitrogen and oxygen atoms in total. The van der Waals surface area contributed by atoms with Gasteiger partial charge in [-0.05, 0) is 49.2 Å². The van der Waals surface area contributed by atoms with Crippen LogP contribution in [0.15, 0.2) is 48.8 Å². The molecule has 160 valence electrons. The number of hydrogen-bond donors (Lipinski definition) is 2. The number of methoxy groups -OCH3 is 1. The minimum absolute atomic E-state index is 0.120. The first kappa shape index (κ1) is 19.4. The van der Waals surface area contributed by atoms with Crippen LogP contribution < -0.4 is 14.8 Å². The number of carbonyl (C=O) groups is 2. The fourth-order valence-electron chi connectivity index (χ4n) is 4.00. The third kappa shape index (κ3) is 4.05. The summed E-state index contributed by atoms with van der Waals surface area (Å²) in [5, 5.41) is 3.91. The van der Waals surface area contributed by atoms with Crippen molar-refractivity contribution in [1.82, 2.24) is 20.2 Å². The second-order valence-corrected chi connectivity index (χ2v) is 8.06. The van der Waals surface area contributed by atoms with Crippen molar-refractivity contribution in [2.75, 3.05) is 13.7 Å². The number of aromatic nitrogens is 2. The molecule has 3 aromatic rings. The Bertz CT molecular complexity index is 1110. The van der Waals surface area contributed by atoms with Gasteiger partial charge in [0.15, 0.2) is 0 Å². The minimum Gasteiger partial charge on any atom is -0.497 e. The maximum absolute atomic E-state index is 13.4. The molecular weight excluding hydrogens is 396 g/mol. The van der Waals surface area contributed by atoms with E-state index in [4.69, 9.17) is 9.47 Å². The zero-order valence-electron chi connectivity index (χ0n) is 17.2. The summed E-state index contributed by atoms with van der Waals surface area (Å²) in [6.07, 6.45) is 5.45. The quantitative estimate of drug-likeness (QED) is 0.639. The molecule has 2 atom stereocenters. The Morgan fingerprint density at radius 1 is 1.19 bits per heavy atom. The number of H-pyrrole nitrogens is 1. The molecule has 1 saturated heterocycles. The third-order valence-electron chi connectivity index (χ3n) is 5.75. The molecule has 0 unspecified atom stereocenters. The molecule has 1 aliphatic heterocycles. The van der Waals surface area contributed by atoms with E-state index in [0.717, 1.165) is 29.5 Å². The molecule has 0 bridgehead atoms. The Balaban J connectivity index is 1.39. The minimum atomic E-state index is -0.573. The van der Waals surface area contributed by atoms with Crippen LogP contribution in [-0.2, 0) is 4.79 Å². The predicted octanol–water partition coefficient (Wildman–Crippen LogP) is 2.51. The van der Waals surface area contributed by atoms with Crippen LogP contribution in [0.4, 0.5) is 0 Å². The number of nitrogens with one attached hydrogen (secondary N) is 2. The molecule has 1 aromatic carbocycles. The van der Waals surface area contributed by atoms with Gasteiger partial charge in [-0.2, -0.15) is 0 Å². The SMILES string of the molecule is COc1ccc2[nH]c(C(=O)N3C[C@@H](Oc4cccnc4)C[C@H]3C(=O)NC3CC3)cc2c1. The number of fused-ring (bicyclic) bond motifs is 1. The van der Waals surface area contributed by atoms with E-state index in [0.29, 0.717) is 24.4 Å². The number of carbonyl (C=O) groups excluding carboxylic acids is 2. The molecule has 1 aliphatic carbocycles. The summed E-state index contributed by atoms with van der Waals surface area (Å²) in [6, 6.07) is 10.7. The first-order valence-corrected chi connectivity index (χ1v) is 10.5. The second-order valence-electron chi connectivity index (χ2n) is 8.06. The number of nitrogens with zero attached hydrogens (tertiary/aromatic N) is 2. The average Bonchev–Trinajstić information content (AvgIpc) is 3.34. The topological polar surface area (TPSA) is 96.6 Å². The maximum atomic E-state index is 13.4. The van der Waals surface area contributed by atoms with Gasteiger partial charge in [-0.25, -0.2) is 0 Å². The van der Waals surface area contributed by atoms with Crippen molar-refractivity contribution in [3.05, 3.63) is 54.5 Å². The molecule has 2 aromatic heterocycles. The summed E-state index contributed by atoms with van der Waals surface area (Å²) in [7, 11) is 1.61. The van der Waals surface area contributed by atoms with Gasteiger partial charge in [-0.15, -0.1) is 0 Å². The van der Waals surface area contributed by atoms with Crippen LogP contribution in [0.5, 0.6) is 11.5 Å². The zero-order valence-corrected chi connectivity index (χ0v) is 17.2. The van der Waals surface area contributed by atoms with Gasteiger partial charge in [0.1, 0.15) is 29.3 Å². The van der Waals surface area contributed by atoms with Crippen molar-refractivity contribution in [1.29, 1.82) is 0 Å². The number of benzene rings is 1. The molecule has 2 aliphatic rings. The van der Waals surface area contributed by atoms with Gasteiger partial charge in [0.2, 0.25) is 5.91 Å². The highest BCUT2D eigenvalue weighted by atomic mass is 16.5. The summed E-state index contributed by atoms with van der Waals surface area (Å²) in [4.78, 5) is 35.1. The van der Waals surface area contributed by atoms with Crippen LogP contribution in [0, 0.1) is 0 Å². The number of ether oxygens (including phenoxy) is 2. The number of pyridine rings is 1. The number of hydrogen-bond acceptors (Lipinski definition) is 5. The fraction of sp³-hybridized carbons (Fsp3) is 0.348. The molecule has 2 N–H and O–H groups in total. The van der Waals surface area contributed by atoms with Crippen LogP contribution in [0.1, 0.15) is 29.8 Å². The molecule has 2 amide bonds. The molecule has 0 radical (unpaired) electrons. The lowest BCUT2D eigenvalue weighted by Gasteiger charge is -2.23. The number of likely N-dealkylation sites (tertiary alicyclic amines) is 1. The van der Waals surface area contributed by atoms with E-state index in [-0.39, 0.29) is 24.0 Å². The van der Waals surface area contributed by atoms with Gasteiger partial charge in [-0.3, -0.25) is 14.6 Å². The highest BCUT2D eigenvalue weighted by Gasteiger charge is 2.42. The van der Waals surface area contributed by atoms with Crippen molar-refractivity contribution in [2.24, 2.45) is 0 Å². The van der Waals surface area contributed by atoms with E-state index in [1.54, 1.807) is 36.5 Å². The van der Waals surface area contributed by atoms with E-state index in [1.807, 2.05) is 24.3 Å². The Morgan fingerprint density at radius 2 is 2.06 bits per heavy atom. The van der Waals surface area contributed by atoms with Crippen molar-refractivity contribution in [2.45, 2.75) is 37.5 Å². The number of aromatic amines is 1. The van der Waals surface area contributed by atoms with Crippen molar-refractivity contribution < 1.29 is 19.1 Å². The van der Waals surface area contributed by atoms with Crippen molar-refractivity contribution in [3.8, 4) is 11.5 Å². The van der Waals surface area contributed by atoms with Gasteiger partial charge in [0.25, 0.3) is 5.91 Å². The van der Waals surface area contributed by atoms with Crippen molar-refractivity contribution >= 4 is 22.7 Å². The summed E-state index contributed by atoms with van der Waals surface area (Å²) >= 11 is 0. The lowest BCUT2D eigenvalue weighted by Crippen LogP contribution is -2.46. The first-order chi connectivity index (χ1) is 15.1. The zero-order chi connectivity index (χ0) is 21.4. The molecule has 3 heterocycles. The van der Waals surface area contributed by atoms with Gasteiger partial charge in [0, 0.05) is 29.6 Å². The van der Waals surface area contributed by atoms with Gasteiger partial charge >= 0.3 is 0 Å².